The van der Waals surface area contributed by atoms with Crippen molar-refractivity contribution in [3.63, 3.8) is 0 Å². The van der Waals surface area contributed by atoms with Crippen LogP contribution in [0.4, 0.5) is 4.79 Å². The lowest BCUT2D eigenvalue weighted by Gasteiger charge is -2.23. The van der Waals surface area contributed by atoms with Gasteiger partial charge in [-0.25, -0.2) is 4.79 Å². The number of urea groups is 1. The number of amides is 4. The predicted octanol–water partition coefficient (Wildman–Crippen LogP) is 3.01. The molecule has 1 saturated heterocycles. The summed E-state index contributed by atoms with van der Waals surface area (Å²) in [5.41, 5.74) is -0.848. The minimum Gasteiger partial charge on any atom is -0.467 e. The first-order valence-corrected chi connectivity index (χ1v) is 8.84. The molecule has 9 heteroatoms. The van der Waals surface area contributed by atoms with Crippen molar-refractivity contribution in [2.45, 2.75) is 19.0 Å². The standard InChI is InChI=1S/C18H17Cl2N3O4/c1-18(11-5-6-13(19)14(20)8-11)16(25)23(17(26)21-18)10-15(24)22(2)9-12-4-3-7-27-12/h3-8H,9-10H2,1-2H3,(H,21,26)/t18-/m0/s1. The number of benzene rings is 1. The van der Waals surface area contributed by atoms with E-state index in [-0.39, 0.29) is 18.1 Å². The average Bonchev–Trinajstić information content (AvgIpc) is 3.20. The molecule has 0 aliphatic carbocycles. The van der Waals surface area contributed by atoms with Crippen LogP contribution in [0, 0.1) is 0 Å². The van der Waals surface area contributed by atoms with Gasteiger partial charge in [-0.2, -0.15) is 0 Å². The minimum atomic E-state index is -1.33. The molecule has 0 spiro atoms. The van der Waals surface area contributed by atoms with Crippen molar-refractivity contribution in [1.29, 1.82) is 0 Å². The van der Waals surface area contributed by atoms with Gasteiger partial charge in [-0.15, -0.1) is 0 Å². The van der Waals surface area contributed by atoms with Gasteiger partial charge in [-0.1, -0.05) is 29.3 Å². The lowest BCUT2D eigenvalue weighted by molar-refractivity contribution is -0.138. The summed E-state index contributed by atoms with van der Waals surface area (Å²) in [6.45, 7) is 1.42. The zero-order valence-electron chi connectivity index (χ0n) is 14.7. The van der Waals surface area contributed by atoms with E-state index in [1.807, 2.05) is 0 Å². The van der Waals surface area contributed by atoms with Crippen molar-refractivity contribution in [1.82, 2.24) is 15.1 Å². The van der Waals surface area contributed by atoms with Crippen LogP contribution < -0.4 is 5.32 Å². The highest BCUT2D eigenvalue weighted by Gasteiger charge is 2.49. The molecule has 1 aromatic carbocycles. The maximum Gasteiger partial charge on any atom is 0.325 e. The van der Waals surface area contributed by atoms with Crippen LogP contribution in [0.3, 0.4) is 0 Å². The first-order valence-electron chi connectivity index (χ1n) is 8.08. The van der Waals surface area contributed by atoms with E-state index in [2.05, 4.69) is 5.32 Å². The number of hydrogen-bond acceptors (Lipinski definition) is 4. The molecule has 1 aliphatic heterocycles. The van der Waals surface area contributed by atoms with Gasteiger partial charge in [0, 0.05) is 7.05 Å². The highest BCUT2D eigenvalue weighted by molar-refractivity contribution is 6.42. The van der Waals surface area contributed by atoms with Crippen molar-refractivity contribution >= 4 is 41.0 Å². The second-order valence-corrected chi connectivity index (χ2v) is 7.22. The van der Waals surface area contributed by atoms with Crippen LogP contribution in [-0.2, 0) is 21.7 Å². The van der Waals surface area contributed by atoms with E-state index in [0.717, 1.165) is 4.90 Å². The third-order valence-corrected chi connectivity index (χ3v) is 5.20. The molecule has 1 aliphatic rings. The van der Waals surface area contributed by atoms with E-state index >= 15 is 0 Å². The number of carbonyl (C=O) groups is 3. The van der Waals surface area contributed by atoms with Crippen LogP contribution >= 0.6 is 23.2 Å². The molecule has 3 rings (SSSR count). The van der Waals surface area contributed by atoms with Crippen LogP contribution in [-0.4, -0.2) is 41.2 Å². The second kappa shape index (κ2) is 7.25. The van der Waals surface area contributed by atoms with Gasteiger partial charge in [0.05, 0.1) is 22.9 Å². The van der Waals surface area contributed by atoms with Gasteiger partial charge >= 0.3 is 6.03 Å². The molecule has 2 aromatic rings. The molecule has 27 heavy (non-hydrogen) atoms. The van der Waals surface area contributed by atoms with Gasteiger partial charge in [-0.05, 0) is 36.8 Å². The molecule has 142 valence electrons. The lowest BCUT2D eigenvalue weighted by Crippen LogP contribution is -2.43. The van der Waals surface area contributed by atoms with E-state index in [9.17, 15) is 14.4 Å². The molecule has 1 atom stereocenters. The Morgan fingerprint density at radius 1 is 1.26 bits per heavy atom. The number of nitrogens with one attached hydrogen (secondary N) is 1. The number of nitrogens with zero attached hydrogens (tertiary/aromatic N) is 2. The maximum absolute atomic E-state index is 12.9. The van der Waals surface area contributed by atoms with Crippen molar-refractivity contribution in [2.24, 2.45) is 0 Å². The number of imide groups is 1. The van der Waals surface area contributed by atoms with E-state index in [0.29, 0.717) is 16.3 Å². The maximum atomic E-state index is 12.9. The highest BCUT2D eigenvalue weighted by Crippen LogP contribution is 2.33. The summed E-state index contributed by atoms with van der Waals surface area (Å²) in [4.78, 5) is 39.9. The summed E-state index contributed by atoms with van der Waals surface area (Å²) in [5, 5.41) is 3.24. The Bertz CT molecular complexity index is 900. The van der Waals surface area contributed by atoms with E-state index < -0.39 is 23.4 Å². The van der Waals surface area contributed by atoms with Crippen LogP contribution in [0.15, 0.2) is 41.0 Å². The Balaban J connectivity index is 1.75. The normalized spacial score (nSPS) is 19.3. The molecule has 7 nitrogen and oxygen atoms in total. The fraction of sp³-hybridized carbons (Fsp3) is 0.278. The zero-order valence-corrected chi connectivity index (χ0v) is 16.2. The summed E-state index contributed by atoms with van der Waals surface area (Å²) >= 11 is 11.9. The molecule has 1 N–H and O–H groups in total. The van der Waals surface area contributed by atoms with Gasteiger partial charge in [0.15, 0.2) is 0 Å². The molecule has 1 fully saturated rings. The molecule has 4 amide bonds. The number of halogens is 2. The van der Waals surface area contributed by atoms with Gasteiger partial charge in [0.1, 0.15) is 17.8 Å². The van der Waals surface area contributed by atoms with Gasteiger partial charge in [0.25, 0.3) is 5.91 Å². The Morgan fingerprint density at radius 2 is 2.00 bits per heavy atom. The van der Waals surface area contributed by atoms with Crippen molar-refractivity contribution in [3.05, 3.63) is 58.0 Å². The number of carbonyl (C=O) groups excluding carboxylic acids is 3. The SMILES string of the molecule is CN(Cc1ccco1)C(=O)CN1C(=O)N[C@@](C)(c2ccc(Cl)c(Cl)c2)C1=O. The summed E-state index contributed by atoms with van der Waals surface area (Å²) in [6, 6.07) is 7.49. The number of hydrogen-bond donors (Lipinski definition) is 1. The topological polar surface area (TPSA) is 82.9 Å². The monoisotopic (exact) mass is 409 g/mol. The second-order valence-electron chi connectivity index (χ2n) is 6.40. The Kier molecular flexibility index (Phi) is 5.17. The van der Waals surface area contributed by atoms with Gasteiger partial charge in [0.2, 0.25) is 5.91 Å². The van der Waals surface area contributed by atoms with Crippen molar-refractivity contribution in [2.75, 3.05) is 13.6 Å². The molecular weight excluding hydrogens is 393 g/mol. The highest BCUT2D eigenvalue weighted by atomic mass is 35.5. The van der Waals surface area contributed by atoms with Gasteiger partial charge in [-0.3, -0.25) is 14.5 Å². The van der Waals surface area contributed by atoms with E-state index in [1.165, 1.54) is 17.2 Å². The summed E-state index contributed by atoms with van der Waals surface area (Å²) < 4.78 is 5.20. The van der Waals surface area contributed by atoms with Crippen molar-refractivity contribution < 1.29 is 18.8 Å². The molecule has 0 unspecified atom stereocenters. The third kappa shape index (κ3) is 3.65. The van der Waals surface area contributed by atoms with E-state index in [4.69, 9.17) is 27.6 Å². The lowest BCUT2D eigenvalue weighted by atomic mass is 9.92. The largest absolute Gasteiger partial charge is 0.467 e. The third-order valence-electron chi connectivity index (χ3n) is 4.46. The van der Waals surface area contributed by atoms with Crippen LogP contribution in [0.2, 0.25) is 10.0 Å². The molecule has 2 heterocycles. The summed E-state index contributed by atoms with van der Waals surface area (Å²) in [5.74, 6) is -0.331. The number of likely N-dealkylation sites (N-methyl/N-ethyl adjacent to an activating group) is 1. The number of furan rings is 1. The van der Waals surface area contributed by atoms with Crippen molar-refractivity contribution in [3.8, 4) is 0 Å². The smallest absolute Gasteiger partial charge is 0.325 e. The average molecular weight is 410 g/mol. The molecule has 0 radical (unpaired) electrons. The first kappa shape index (κ1) is 19.3. The Labute approximate surface area is 165 Å². The van der Waals surface area contributed by atoms with Gasteiger partial charge < -0.3 is 14.6 Å². The molecule has 0 saturated carbocycles. The summed E-state index contributed by atoms with van der Waals surface area (Å²) in [7, 11) is 1.57. The predicted molar refractivity (Wildman–Crippen MR) is 99.2 cm³/mol. The molecular formula is C18H17Cl2N3O4. The minimum absolute atomic E-state index is 0.236. The van der Waals surface area contributed by atoms with Crippen LogP contribution in [0.5, 0.6) is 0 Å². The molecule has 1 aromatic heterocycles. The van der Waals surface area contributed by atoms with Crippen LogP contribution in [0.1, 0.15) is 18.2 Å². The number of rotatable bonds is 5. The quantitative estimate of drug-likeness (QED) is 0.769. The Hall–Kier alpha value is -2.51. The fourth-order valence-corrected chi connectivity index (χ4v) is 3.12. The fourth-order valence-electron chi connectivity index (χ4n) is 2.82. The summed E-state index contributed by atoms with van der Waals surface area (Å²) in [6.07, 6.45) is 1.51. The van der Waals surface area contributed by atoms with E-state index in [1.54, 1.807) is 38.2 Å². The molecule has 0 bridgehead atoms. The van der Waals surface area contributed by atoms with Crippen LogP contribution in [0.25, 0.3) is 0 Å². The Morgan fingerprint density at radius 3 is 2.63 bits per heavy atom. The first-order chi connectivity index (χ1) is 12.7. The zero-order chi connectivity index (χ0) is 19.8.